The number of hydrogen-bond donors (Lipinski definition) is 0. The van der Waals surface area contributed by atoms with Crippen LogP contribution in [0, 0.1) is 5.92 Å². The van der Waals surface area contributed by atoms with E-state index in [0.717, 1.165) is 81.2 Å². The van der Waals surface area contributed by atoms with Crippen molar-refractivity contribution in [2.24, 2.45) is 5.92 Å². The van der Waals surface area contributed by atoms with Crippen LogP contribution in [0.4, 0.5) is 5.95 Å². The van der Waals surface area contributed by atoms with Crippen LogP contribution in [0.3, 0.4) is 0 Å². The van der Waals surface area contributed by atoms with Gasteiger partial charge in [0.15, 0.2) is 5.75 Å². The minimum Gasteiger partial charge on any atom is -0.469 e. The van der Waals surface area contributed by atoms with Crippen molar-refractivity contribution in [3.8, 4) is 22.9 Å². The molecular weight excluding hydrogens is 575 g/mol. The summed E-state index contributed by atoms with van der Waals surface area (Å²) in [6.07, 6.45) is 8.12. The second-order valence-corrected chi connectivity index (χ2v) is 12.4. The van der Waals surface area contributed by atoms with Crippen molar-refractivity contribution in [1.82, 2.24) is 24.8 Å². The number of piperidine rings is 1. The van der Waals surface area contributed by atoms with E-state index in [0.29, 0.717) is 46.1 Å². The molecule has 3 aliphatic heterocycles. The molecule has 0 N–H and O–H groups in total. The molecule has 0 spiro atoms. The Labute approximate surface area is 256 Å². The molecule has 0 saturated carbocycles. The van der Waals surface area contributed by atoms with Crippen LogP contribution in [-0.2, 0) is 16.1 Å². The Bertz CT molecular complexity index is 1400. The molecule has 3 aliphatic rings. The van der Waals surface area contributed by atoms with Crippen molar-refractivity contribution in [1.29, 1.82) is 0 Å². The number of fused-ring (bicyclic) bond motifs is 1. The summed E-state index contributed by atoms with van der Waals surface area (Å²) in [5.41, 5.74) is 2.59. The lowest BCUT2D eigenvalue weighted by Gasteiger charge is -2.31. The van der Waals surface area contributed by atoms with Gasteiger partial charge in [-0.3, -0.25) is 9.69 Å². The Morgan fingerprint density at radius 1 is 0.929 bits per heavy atom. The van der Waals surface area contributed by atoms with Crippen molar-refractivity contribution in [2.75, 3.05) is 45.2 Å². The summed E-state index contributed by atoms with van der Waals surface area (Å²) < 4.78 is 11.1. The van der Waals surface area contributed by atoms with Gasteiger partial charge in [-0.1, -0.05) is 23.2 Å². The number of nitrogens with zero attached hydrogens (tertiary/aromatic N) is 6. The standard InChI is InChI=1S/C31H36Cl2N6O3/c1-37-7-5-28-27(37)6-10-39(28)31-34-17-25(18-35-31)42-29-12-21(11-26(36-29)22-14-23(32)16-24(33)15-22)19-38-8-3-20(4-9-38)13-30(40)41-2/h11-12,14-18,20,27-28H,3-10,13,19H2,1-2H3/t27-,28-/m0/s1. The van der Waals surface area contributed by atoms with Crippen molar-refractivity contribution < 1.29 is 14.3 Å². The monoisotopic (exact) mass is 610 g/mol. The van der Waals surface area contributed by atoms with Gasteiger partial charge < -0.3 is 19.3 Å². The van der Waals surface area contributed by atoms with Gasteiger partial charge in [-0.05, 0) is 81.6 Å². The predicted molar refractivity (Wildman–Crippen MR) is 163 cm³/mol. The Balaban J connectivity index is 1.20. The van der Waals surface area contributed by atoms with E-state index >= 15 is 0 Å². The van der Waals surface area contributed by atoms with E-state index in [1.807, 2.05) is 18.2 Å². The largest absolute Gasteiger partial charge is 0.469 e. The van der Waals surface area contributed by atoms with Gasteiger partial charge in [-0.15, -0.1) is 0 Å². The maximum Gasteiger partial charge on any atom is 0.305 e. The molecular formula is C31H36Cl2N6O3. The average Bonchev–Trinajstić information content (AvgIpc) is 3.56. The zero-order valence-electron chi connectivity index (χ0n) is 24.0. The van der Waals surface area contributed by atoms with E-state index in [1.165, 1.54) is 7.11 Å². The molecule has 2 aromatic heterocycles. The number of pyridine rings is 1. The third kappa shape index (κ3) is 6.64. The predicted octanol–water partition coefficient (Wildman–Crippen LogP) is 5.70. The fourth-order valence-electron chi connectivity index (χ4n) is 6.56. The molecule has 3 saturated heterocycles. The number of rotatable bonds is 8. The first-order valence-electron chi connectivity index (χ1n) is 14.6. The molecule has 222 valence electrons. The normalized spacial score (nSPS) is 21.5. The van der Waals surface area contributed by atoms with Crippen molar-refractivity contribution in [3.63, 3.8) is 0 Å². The molecule has 2 atom stereocenters. The summed E-state index contributed by atoms with van der Waals surface area (Å²) in [5, 5.41) is 1.09. The maximum absolute atomic E-state index is 11.7. The van der Waals surface area contributed by atoms with Crippen molar-refractivity contribution in [3.05, 3.63) is 58.3 Å². The summed E-state index contributed by atoms with van der Waals surface area (Å²) in [4.78, 5) is 33.0. The van der Waals surface area contributed by atoms with E-state index in [1.54, 1.807) is 18.5 Å². The van der Waals surface area contributed by atoms with Crippen LogP contribution in [-0.4, -0.2) is 83.1 Å². The number of carbonyl (C=O) groups is 1. The van der Waals surface area contributed by atoms with E-state index in [9.17, 15) is 4.79 Å². The van der Waals surface area contributed by atoms with Gasteiger partial charge in [0.05, 0.1) is 25.2 Å². The Hall–Kier alpha value is -2.98. The number of esters is 1. The van der Waals surface area contributed by atoms with Crippen LogP contribution in [0.15, 0.2) is 42.7 Å². The number of benzene rings is 1. The van der Waals surface area contributed by atoms with Crippen molar-refractivity contribution in [2.45, 2.75) is 50.7 Å². The number of likely N-dealkylation sites (tertiary alicyclic amines) is 2. The van der Waals surface area contributed by atoms with Crippen LogP contribution in [0.5, 0.6) is 11.6 Å². The first kappa shape index (κ1) is 29.1. The zero-order chi connectivity index (χ0) is 29.2. The van der Waals surface area contributed by atoms with Gasteiger partial charge in [0, 0.05) is 59.8 Å². The number of likely N-dealkylation sites (N-methyl/N-ethyl adjacent to an activating group) is 1. The molecule has 42 heavy (non-hydrogen) atoms. The molecule has 1 aromatic carbocycles. The van der Waals surface area contributed by atoms with E-state index in [4.69, 9.17) is 37.7 Å². The molecule has 0 radical (unpaired) electrons. The van der Waals surface area contributed by atoms with Gasteiger partial charge in [-0.2, -0.15) is 0 Å². The number of ether oxygens (including phenoxy) is 2. The van der Waals surface area contributed by atoms with Crippen LogP contribution in [0.2, 0.25) is 10.0 Å². The number of hydrogen-bond acceptors (Lipinski definition) is 9. The molecule has 0 bridgehead atoms. The number of carbonyl (C=O) groups excluding carboxylic acids is 1. The van der Waals surface area contributed by atoms with Gasteiger partial charge in [0.25, 0.3) is 0 Å². The molecule has 0 aliphatic carbocycles. The third-order valence-electron chi connectivity index (χ3n) is 8.76. The second kappa shape index (κ2) is 12.7. The molecule has 0 amide bonds. The summed E-state index contributed by atoms with van der Waals surface area (Å²) in [7, 11) is 3.65. The Morgan fingerprint density at radius 3 is 2.36 bits per heavy atom. The quantitative estimate of drug-likeness (QED) is 0.298. The SMILES string of the molecule is COC(=O)CC1CCN(Cc2cc(Oc3cnc(N4CC[C@H]5[C@@H]4CCN5C)nc3)nc(-c3cc(Cl)cc(Cl)c3)c2)CC1. The molecule has 0 unspecified atom stereocenters. The lowest BCUT2D eigenvalue weighted by atomic mass is 9.93. The minimum absolute atomic E-state index is 0.137. The summed E-state index contributed by atoms with van der Waals surface area (Å²) in [6.45, 7) is 4.62. The van der Waals surface area contributed by atoms with E-state index in [2.05, 4.69) is 37.8 Å². The summed E-state index contributed by atoms with van der Waals surface area (Å²) >= 11 is 12.7. The summed E-state index contributed by atoms with van der Waals surface area (Å²) in [5.74, 6) is 1.95. The highest BCUT2D eigenvalue weighted by Crippen LogP contribution is 2.34. The van der Waals surface area contributed by atoms with Crippen LogP contribution >= 0.6 is 23.2 Å². The number of anilines is 1. The fraction of sp³-hybridized carbons (Fsp3) is 0.484. The maximum atomic E-state index is 11.7. The van der Waals surface area contributed by atoms with Gasteiger partial charge in [-0.25, -0.2) is 15.0 Å². The van der Waals surface area contributed by atoms with E-state index in [-0.39, 0.29) is 5.97 Å². The van der Waals surface area contributed by atoms with Gasteiger partial charge >= 0.3 is 5.97 Å². The Morgan fingerprint density at radius 2 is 1.64 bits per heavy atom. The smallest absolute Gasteiger partial charge is 0.305 e. The summed E-state index contributed by atoms with van der Waals surface area (Å²) in [6, 6.07) is 10.5. The molecule has 6 rings (SSSR count). The molecule has 3 fully saturated rings. The average molecular weight is 612 g/mol. The Kier molecular flexibility index (Phi) is 8.81. The fourth-order valence-corrected chi connectivity index (χ4v) is 7.09. The second-order valence-electron chi connectivity index (χ2n) is 11.6. The lowest BCUT2D eigenvalue weighted by molar-refractivity contribution is -0.142. The van der Waals surface area contributed by atoms with Crippen LogP contribution in [0.25, 0.3) is 11.3 Å². The van der Waals surface area contributed by atoms with E-state index < -0.39 is 0 Å². The molecule has 3 aromatic rings. The minimum atomic E-state index is -0.137. The van der Waals surface area contributed by atoms with Crippen LogP contribution < -0.4 is 9.64 Å². The van der Waals surface area contributed by atoms with Crippen LogP contribution in [0.1, 0.15) is 37.7 Å². The third-order valence-corrected chi connectivity index (χ3v) is 9.20. The first-order chi connectivity index (χ1) is 20.3. The van der Waals surface area contributed by atoms with Gasteiger partial charge in [0.1, 0.15) is 0 Å². The lowest BCUT2D eigenvalue weighted by Crippen LogP contribution is -2.35. The number of halogens is 2. The topological polar surface area (TPSA) is 83.9 Å². The highest BCUT2D eigenvalue weighted by Gasteiger charge is 2.41. The number of aromatic nitrogens is 3. The molecule has 5 heterocycles. The molecule has 9 nitrogen and oxygen atoms in total. The highest BCUT2D eigenvalue weighted by molar-refractivity contribution is 6.35. The molecule has 11 heteroatoms. The van der Waals surface area contributed by atoms with Gasteiger partial charge in [0.2, 0.25) is 11.8 Å². The first-order valence-corrected chi connectivity index (χ1v) is 15.3. The number of methoxy groups -OCH3 is 1. The van der Waals surface area contributed by atoms with Crippen molar-refractivity contribution >= 4 is 35.1 Å². The highest BCUT2D eigenvalue weighted by atomic mass is 35.5. The zero-order valence-corrected chi connectivity index (χ0v) is 25.5.